The van der Waals surface area contributed by atoms with Crippen molar-refractivity contribution in [3.05, 3.63) is 0 Å². The molecule has 0 aromatic rings. The number of rotatable bonds is 3. The first kappa shape index (κ1) is 11.5. The Kier molecular flexibility index (Phi) is 3.93. The van der Waals surface area contributed by atoms with Gasteiger partial charge in [0.15, 0.2) is 0 Å². The molecule has 0 aromatic heterocycles. The van der Waals surface area contributed by atoms with E-state index in [2.05, 4.69) is 13.8 Å². The van der Waals surface area contributed by atoms with Gasteiger partial charge >= 0.3 is 5.97 Å². The lowest BCUT2D eigenvalue weighted by Gasteiger charge is -2.12. The fourth-order valence-corrected chi connectivity index (χ4v) is 1.55. The summed E-state index contributed by atoms with van der Waals surface area (Å²) >= 11 is 0. The lowest BCUT2D eigenvalue weighted by atomic mass is 10.0. The SMILES string of the molecule is CC(C)C(=O)OC[C@@H]1C[C@@H](C)[C@H](C)O1. The van der Waals surface area contributed by atoms with Gasteiger partial charge in [0.1, 0.15) is 6.61 Å². The summed E-state index contributed by atoms with van der Waals surface area (Å²) in [6, 6.07) is 0. The van der Waals surface area contributed by atoms with E-state index in [1.54, 1.807) is 0 Å². The van der Waals surface area contributed by atoms with Crippen LogP contribution in [-0.2, 0) is 14.3 Å². The van der Waals surface area contributed by atoms with Crippen LogP contribution in [0.3, 0.4) is 0 Å². The maximum Gasteiger partial charge on any atom is 0.308 e. The third kappa shape index (κ3) is 2.98. The summed E-state index contributed by atoms with van der Waals surface area (Å²) in [5.74, 6) is 0.379. The molecule has 0 bridgehead atoms. The third-order valence-corrected chi connectivity index (χ3v) is 2.73. The number of carbonyl (C=O) groups excluding carboxylic acids is 1. The Morgan fingerprint density at radius 1 is 1.50 bits per heavy atom. The molecule has 0 N–H and O–H groups in total. The monoisotopic (exact) mass is 200 g/mol. The van der Waals surface area contributed by atoms with E-state index < -0.39 is 0 Å². The highest BCUT2D eigenvalue weighted by atomic mass is 16.6. The van der Waals surface area contributed by atoms with Crippen LogP contribution in [0.2, 0.25) is 0 Å². The maximum absolute atomic E-state index is 11.2. The highest BCUT2D eigenvalue weighted by molar-refractivity contribution is 5.71. The average molecular weight is 200 g/mol. The predicted molar refractivity (Wildman–Crippen MR) is 53.9 cm³/mol. The van der Waals surface area contributed by atoms with E-state index in [9.17, 15) is 4.79 Å². The lowest BCUT2D eigenvalue weighted by molar-refractivity contribution is -0.151. The average Bonchev–Trinajstić information content (AvgIpc) is 2.42. The molecular formula is C11H20O3. The molecule has 3 heteroatoms. The molecule has 0 amide bonds. The molecular weight excluding hydrogens is 180 g/mol. The summed E-state index contributed by atoms with van der Waals surface area (Å²) in [5, 5.41) is 0. The number of esters is 1. The van der Waals surface area contributed by atoms with Gasteiger partial charge in [0.25, 0.3) is 0 Å². The van der Waals surface area contributed by atoms with E-state index in [4.69, 9.17) is 9.47 Å². The second kappa shape index (κ2) is 4.78. The van der Waals surface area contributed by atoms with Crippen molar-refractivity contribution in [2.75, 3.05) is 6.61 Å². The van der Waals surface area contributed by atoms with Gasteiger partial charge in [-0.05, 0) is 19.3 Å². The lowest BCUT2D eigenvalue weighted by Crippen LogP contribution is -2.21. The van der Waals surface area contributed by atoms with Crippen LogP contribution in [-0.4, -0.2) is 24.8 Å². The molecule has 1 saturated heterocycles. The molecule has 0 spiro atoms. The van der Waals surface area contributed by atoms with E-state index in [-0.39, 0.29) is 24.1 Å². The molecule has 14 heavy (non-hydrogen) atoms. The van der Waals surface area contributed by atoms with Crippen molar-refractivity contribution in [3.8, 4) is 0 Å². The van der Waals surface area contributed by atoms with Crippen LogP contribution in [0.25, 0.3) is 0 Å². The van der Waals surface area contributed by atoms with Gasteiger partial charge in [0.2, 0.25) is 0 Å². The summed E-state index contributed by atoms with van der Waals surface area (Å²) < 4.78 is 10.7. The largest absolute Gasteiger partial charge is 0.463 e. The Bertz CT molecular complexity index is 191. The molecule has 3 nitrogen and oxygen atoms in total. The van der Waals surface area contributed by atoms with Gasteiger partial charge in [-0.3, -0.25) is 4.79 Å². The van der Waals surface area contributed by atoms with Gasteiger partial charge in [-0.2, -0.15) is 0 Å². The Hall–Kier alpha value is -0.570. The summed E-state index contributed by atoms with van der Waals surface area (Å²) in [6.07, 6.45) is 1.38. The van der Waals surface area contributed by atoms with Crippen molar-refractivity contribution in [1.82, 2.24) is 0 Å². The summed E-state index contributed by atoms with van der Waals surface area (Å²) in [6.45, 7) is 8.31. The van der Waals surface area contributed by atoms with E-state index >= 15 is 0 Å². The first-order valence-electron chi connectivity index (χ1n) is 5.32. The Labute approximate surface area is 85.8 Å². The van der Waals surface area contributed by atoms with Crippen LogP contribution in [0.15, 0.2) is 0 Å². The molecule has 0 unspecified atom stereocenters. The minimum Gasteiger partial charge on any atom is -0.463 e. The molecule has 1 aliphatic heterocycles. The third-order valence-electron chi connectivity index (χ3n) is 2.73. The van der Waals surface area contributed by atoms with E-state index in [1.807, 2.05) is 13.8 Å². The predicted octanol–water partition coefficient (Wildman–Crippen LogP) is 2.00. The molecule has 1 heterocycles. The highest BCUT2D eigenvalue weighted by Gasteiger charge is 2.29. The fraction of sp³-hybridized carbons (Fsp3) is 0.909. The zero-order valence-electron chi connectivity index (χ0n) is 9.45. The normalized spacial score (nSPS) is 32.2. The first-order valence-corrected chi connectivity index (χ1v) is 5.32. The Balaban J connectivity index is 2.23. The smallest absolute Gasteiger partial charge is 0.308 e. The van der Waals surface area contributed by atoms with Crippen molar-refractivity contribution in [2.45, 2.75) is 46.3 Å². The van der Waals surface area contributed by atoms with Gasteiger partial charge in [0.05, 0.1) is 18.1 Å². The summed E-state index contributed by atoms with van der Waals surface area (Å²) in [7, 11) is 0. The van der Waals surface area contributed by atoms with E-state index in [0.29, 0.717) is 12.5 Å². The van der Waals surface area contributed by atoms with Crippen LogP contribution < -0.4 is 0 Å². The van der Waals surface area contributed by atoms with Crippen LogP contribution in [0, 0.1) is 11.8 Å². The second-order valence-corrected chi connectivity index (χ2v) is 4.46. The van der Waals surface area contributed by atoms with Crippen molar-refractivity contribution in [3.63, 3.8) is 0 Å². The van der Waals surface area contributed by atoms with Crippen molar-refractivity contribution in [2.24, 2.45) is 11.8 Å². The number of hydrogen-bond acceptors (Lipinski definition) is 3. The van der Waals surface area contributed by atoms with Gasteiger partial charge in [-0.25, -0.2) is 0 Å². The zero-order chi connectivity index (χ0) is 10.7. The molecule has 3 atom stereocenters. The van der Waals surface area contributed by atoms with Crippen LogP contribution in [0.5, 0.6) is 0 Å². The topological polar surface area (TPSA) is 35.5 Å². The van der Waals surface area contributed by atoms with Crippen molar-refractivity contribution >= 4 is 5.97 Å². The van der Waals surface area contributed by atoms with E-state index in [1.165, 1.54) is 0 Å². The molecule has 0 aliphatic carbocycles. The number of ether oxygens (including phenoxy) is 2. The molecule has 0 saturated carbocycles. The summed E-state index contributed by atoms with van der Waals surface area (Å²) in [4.78, 5) is 11.2. The minimum absolute atomic E-state index is 0.0498. The standard InChI is InChI=1S/C11H20O3/c1-7(2)11(12)13-6-10-5-8(3)9(4)14-10/h7-10H,5-6H2,1-4H3/t8-,9+,10+/m1/s1. The Morgan fingerprint density at radius 3 is 2.57 bits per heavy atom. The summed E-state index contributed by atoms with van der Waals surface area (Å²) in [5.41, 5.74) is 0. The van der Waals surface area contributed by atoms with Gasteiger partial charge in [0, 0.05) is 0 Å². The van der Waals surface area contributed by atoms with Crippen LogP contribution >= 0.6 is 0 Å². The molecule has 1 fully saturated rings. The molecule has 0 aromatic carbocycles. The molecule has 1 rings (SSSR count). The molecule has 1 aliphatic rings. The second-order valence-electron chi connectivity index (χ2n) is 4.46. The Morgan fingerprint density at radius 2 is 2.14 bits per heavy atom. The maximum atomic E-state index is 11.2. The van der Waals surface area contributed by atoms with E-state index in [0.717, 1.165) is 6.42 Å². The van der Waals surface area contributed by atoms with Gasteiger partial charge in [-0.1, -0.05) is 20.8 Å². The van der Waals surface area contributed by atoms with Crippen LogP contribution in [0.1, 0.15) is 34.1 Å². The van der Waals surface area contributed by atoms with Crippen LogP contribution in [0.4, 0.5) is 0 Å². The fourth-order valence-electron chi connectivity index (χ4n) is 1.55. The molecule has 82 valence electrons. The highest BCUT2D eigenvalue weighted by Crippen LogP contribution is 2.25. The molecule has 0 radical (unpaired) electrons. The number of carbonyl (C=O) groups is 1. The number of hydrogen-bond donors (Lipinski definition) is 0. The van der Waals surface area contributed by atoms with Gasteiger partial charge in [-0.15, -0.1) is 0 Å². The quantitative estimate of drug-likeness (QED) is 0.654. The minimum atomic E-state index is -0.138. The van der Waals surface area contributed by atoms with Gasteiger partial charge < -0.3 is 9.47 Å². The first-order chi connectivity index (χ1) is 6.50. The van der Waals surface area contributed by atoms with Crippen molar-refractivity contribution < 1.29 is 14.3 Å². The van der Waals surface area contributed by atoms with Crippen molar-refractivity contribution in [1.29, 1.82) is 0 Å². The zero-order valence-corrected chi connectivity index (χ0v) is 9.45.